The van der Waals surface area contributed by atoms with E-state index in [1.165, 1.54) is 7.11 Å². The Morgan fingerprint density at radius 3 is 2.39 bits per heavy atom. The number of oxazole rings is 1. The maximum Gasteiger partial charge on any atom is 0.226 e. The van der Waals surface area contributed by atoms with E-state index in [1.807, 2.05) is 36.4 Å². The Balaban J connectivity index is 1.29. The van der Waals surface area contributed by atoms with E-state index in [9.17, 15) is 4.39 Å². The highest BCUT2D eigenvalue weighted by atomic mass is 19.1. The first-order valence-corrected chi connectivity index (χ1v) is 9.48. The number of ether oxygens (including phenoxy) is 1. The molecule has 0 spiro atoms. The lowest BCUT2D eigenvalue weighted by Crippen LogP contribution is -2.45. The van der Waals surface area contributed by atoms with Crippen LogP contribution in [0, 0.1) is 5.82 Å². The molecule has 0 aliphatic carbocycles. The van der Waals surface area contributed by atoms with E-state index in [4.69, 9.17) is 9.15 Å². The van der Waals surface area contributed by atoms with Gasteiger partial charge in [0.25, 0.3) is 0 Å². The third kappa shape index (κ3) is 4.40. The van der Waals surface area contributed by atoms with Crippen LogP contribution in [0.4, 0.5) is 4.39 Å². The Labute approximate surface area is 164 Å². The predicted octanol–water partition coefficient (Wildman–Crippen LogP) is 3.81. The average molecular weight is 381 g/mol. The number of hydrogen-bond donors (Lipinski definition) is 0. The first-order valence-electron chi connectivity index (χ1n) is 9.48. The van der Waals surface area contributed by atoms with Gasteiger partial charge in [0.2, 0.25) is 5.89 Å². The Bertz CT molecular complexity index is 905. The maximum atomic E-state index is 13.9. The second kappa shape index (κ2) is 8.54. The van der Waals surface area contributed by atoms with E-state index in [-0.39, 0.29) is 11.6 Å². The molecule has 1 saturated heterocycles. The van der Waals surface area contributed by atoms with Gasteiger partial charge in [0.15, 0.2) is 11.6 Å². The molecule has 6 heteroatoms. The van der Waals surface area contributed by atoms with Crippen LogP contribution in [0.25, 0.3) is 11.5 Å². The summed E-state index contributed by atoms with van der Waals surface area (Å²) in [6.45, 7) is 5.31. The van der Waals surface area contributed by atoms with Crippen molar-refractivity contribution in [3.8, 4) is 17.2 Å². The Hall–Kier alpha value is -2.70. The minimum Gasteiger partial charge on any atom is -0.494 e. The standard InChI is InChI=1S/C22H24FN3O2/c1-27-21-8-7-17(13-20(21)23)14-25-9-11-26(12-10-25)15-19-16-28-22(24-19)18-5-3-2-4-6-18/h2-8,13,16H,9-12,14-15H2,1H3. The van der Waals surface area contributed by atoms with Gasteiger partial charge in [-0.1, -0.05) is 24.3 Å². The van der Waals surface area contributed by atoms with Crippen molar-refractivity contribution < 1.29 is 13.5 Å². The minimum absolute atomic E-state index is 0.288. The number of aromatic nitrogens is 1. The van der Waals surface area contributed by atoms with E-state index in [2.05, 4.69) is 14.8 Å². The van der Waals surface area contributed by atoms with E-state index in [0.29, 0.717) is 5.89 Å². The normalized spacial score (nSPS) is 15.6. The van der Waals surface area contributed by atoms with Crippen LogP contribution >= 0.6 is 0 Å². The summed E-state index contributed by atoms with van der Waals surface area (Å²) < 4.78 is 24.5. The van der Waals surface area contributed by atoms with Crippen LogP contribution in [0.3, 0.4) is 0 Å². The van der Waals surface area contributed by atoms with Crippen LogP contribution in [0.15, 0.2) is 59.2 Å². The van der Waals surface area contributed by atoms with Gasteiger partial charge in [-0.3, -0.25) is 9.80 Å². The molecule has 28 heavy (non-hydrogen) atoms. The van der Waals surface area contributed by atoms with Crippen molar-refractivity contribution in [1.29, 1.82) is 0 Å². The molecule has 146 valence electrons. The lowest BCUT2D eigenvalue weighted by Gasteiger charge is -2.34. The first-order chi connectivity index (χ1) is 13.7. The van der Waals surface area contributed by atoms with Gasteiger partial charge >= 0.3 is 0 Å². The number of hydrogen-bond acceptors (Lipinski definition) is 5. The highest BCUT2D eigenvalue weighted by Crippen LogP contribution is 2.21. The molecule has 1 aliphatic heterocycles. The smallest absolute Gasteiger partial charge is 0.226 e. The Morgan fingerprint density at radius 1 is 1.00 bits per heavy atom. The highest BCUT2D eigenvalue weighted by molar-refractivity contribution is 5.52. The second-order valence-electron chi connectivity index (χ2n) is 7.03. The van der Waals surface area contributed by atoms with Crippen molar-refractivity contribution in [1.82, 2.24) is 14.8 Å². The molecular weight excluding hydrogens is 357 g/mol. The number of rotatable bonds is 6. The molecule has 0 amide bonds. The summed E-state index contributed by atoms with van der Waals surface area (Å²) in [5, 5.41) is 0. The topological polar surface area (TPSA) is 41.7 Å². The van der Waals surface area contributed by atoms with Crippen LogP contribution in [-0.4, -0.2) is 48.1 Å². The third-order valence-corrected chi connectivity index (χ3v) is 5.05. The van der Waals surface area contributed by atoms with E-state index >= 15 is 0 Å². The fraction of sp³-hybridized carbons (Fsp3) is 0.318. The molecule has 1 aromatic heterocycles. The van der Waals surface area contributed by atoms with Gasteiger partial charge in [0.1, 0.15) is 6.26 Å². The van der Waals surface area contributed by atoms with E-state index in [1.54, 1.807) is 18.4 Å². The van der Waals surface area contributed by atoms with Gasteiger partial charge in [-0.05, 0) is 29.8 Å². The monoisotopic (exact) mass is 381 g/mol. The average Bonchev–Trinajstić information content (AvgIpc) is 3.19. The molecule has 2 aromatic carbocycles. The third-order valence-electron chi connectivity index (χ3n) is 5.05. The summed E-state index contributed by atoms with van der Waals surface area (Å²) in [6, 6.07) is 15.1. The van der Waals surface area contributed by atoms with E-state index < -0.39 is 0 Å². The van der Waals surface area contributed by atoms with Crippen molar-refractivity contribution in [2.75, 3.05) is 33.3 Å². The van der Waals surface area contributed by atoms with Gasteiger partial charge in [0, 0.05) is 44.8 Å². The van der Waals surface area contributed by atoms with Gasteiger partial charge < -0.3 is 9.15 Å². The number of benzene rings is 2. The van der Waals surface area contributed by atoms with Crippen LogP contribution in [0.1, 0.15) is 11.3 Å². The summed E-state index contributed by atoms with van der Waals surface area (Å²) in [6.07, 6.45) is 1.74. The van der Waals surface area contributed by atoms with Gasteiger partial charge in [-0.15, -0.1) is 0 Å². The molecule has 2 heterocycles. The maximum absolute atomic E-state index is 13.9. The minimum atomic E-state index is -0.307. The quantitative estimate of drug-likeness (QED) is 0.650. The molecule has 0 unspecified atom stereocenters. The van der Waals surface area contributed by atoms with Gasteiger partial charge in [-0.2, -0.15) is 0 Å². The van der Waals surface area contributed by atoms with Crippen molar-refractivity contribution in [2.24, 2.45) is 0 Å². The zero-order chi connectivity index (χ0) is 19.3. The van der Waals surface area contributed by atoms with E-state index in [0.717, 1.165) is 56.1 Å². The SMILES string of the molecule is COc1ccc(CN2CCN(Cc3coc(-c4ccccc4)n3)CC2)cc1F. The number of methoxy groups -OCH3 is 1. The molecule has 5 nitrogen and oxygen atoms in total. The van der Waals surface area contributed by atoms with Crippen LogP contribution < -0.4 is 4.74 Å². The molecule has 0 radical (unpaired) electrons. The lowest BCUT2D eigenvalue weighted by molar-refractivity contribution is 0.121. The first kappa shape index (κ1) is 18.7. The van der Waals surface area contributed by atoms with Crippen molar-refractivity contribution >= 4 is 0 Å². The molecule has 0 N–H and O–H groups in total. The molecular formula is C22H24FN3O2. The molecule has 0 bridgehead atoms. The van der Waals surface area contributed by atoms with Crippen molar-refractivity contribution in [2.45, 2.75) is 13.1 Å². The zero-order valence-electron chi connectivity index (χ0n) is 16.0. The summed E-state index contributed by atoms with van der Waals surface area (Å²) in [5.74, 6) is 0.644. The molecule has 4 rings (SSSR count). The van der Waals surface area contributed by atoms with Crippen LogP contribution in [-0.2, 0) is 13.1 Å². The van der Waals surface area contributed by atoms with Crippen molar-refractivity contribution in [3.05, 3.63) is 71.9 Å². The van der Waals surface area contributed by atoms with Gasteiger partial charge in [0.05, 0.1) is 12.8 Å². The lowest BCUT2D eigenvalue weighted by atomic mass is 10.2. The molecule has 3 aromatic rings. The summed E-state index contributed by atoms with van der Waals surface area (Å²) in [4.78, 5) is 9.33. The Morgan fingerprint density at radius 2 is 1.71 bits per heavy atom. The number of nitrogens with zero attached hydrogens (tertiary/aromatic N) is 3. The van der Waals surface area contributed by atoms with Crippen LogP contribution in [0.2, 0.25) is 0 Å². The summed E-state index contributed by atoms with van der Waals surface area (Å²) >= 11 is 0. The van der Waals surface area contributed by atoms with Crippen molar-refractivity contribution in [3.63, 3.8) is 0 Å². The second-order valence-corrected chi connectivity index (χ2v) is 7.03. The number of halogens is 1. The molecule has 0 saturated carbocycles. The summed E-state index contributed by atoms with van der Waals surface area (Å²) in [7, 11) is 1.48. The summed E-state index contributed by atoms with van der Waals surface area (Å²) in [5.41, 5.74) is 2.91. The van der Waals surface area contributed by atoms with Crippen LogP contribution in [0.5, 0.6) is 5.75 Å². The zero-order valence-corrected chi connectivity index (χ0v) is 16.0. The fourth-order valence-corrected chi connectivity index (χ4v) is 3.49. The largest absolute Gasteiger partial charge is 0.494 e. The molecule has 1 fully saturated rings. The molecule has 0 atom stereocenters. The Kier molecular flexibility index (Phi) is 5.69. The highest BCUT2D eigenvalue weighted by Gasteiger charge is 2.19. The fourth-order valence-electron chi connectivity index (χ4n) is 3.49. The number of piperazine rings is 1. The molecule has 1 aliphatic rings. The predicted molar refractivity (Wildman–Crippen MR) is 105 cm³/mol. The van der Waals surface area contributed by atoms with Gasteiger partial charge in [-0.25, -0.2) is 9.37 Å².